The Labute approximate surface area is 207 Å². The predicted octanol–water partition coefficient (Wildman–Crippen LogP) is 6.90. The average Bonchev–Trinajstić information content (AvgIpc) is 3.41. The molecule has 7 aromatic rings. The third-order valence-electron chi connectivity index (χ3n) is 7.00. The minimum Gasteiger partial charge on any atom is -0.386 e. The molecule has 7 rings (SSSR count). The van der Waals surface area contributed by atoms with E-state index < -0.39 is 5.60 Å². The molecule has 0 unspecified atom stereocenters. The van der Waals surface area contributed by atoms with E-state index in [1.54, 1.807) is 20.0 Å². The van der Waals surface area contributed by atoms with Gasteiger partial charge in [-0.1, -0.05) is 42.5 Å². The second kappa shape index (κ2) is 7.51. The fourth-order valence-corrected chi connectivity index (χ4v) is 5.52. The van der Waals surface area contributed by atoms with Crippen molar-refractivity contribution >= 4 is 43.7 Å². The van der Waals surface area contributed by atoms with Crippen LogP contribution in [0.1, 0.15) is 19.4 Å². The van der Waals surface area contributed by atoms with Gasteiger partial charge in [0, 0.05) is 45.2 Å². The van der Waals surface area contributed by atoms with Crippen molar-refractivity contribution in [1.29, 1.82) is 0 Å². The van der Waals surface area contributed by atoms with Crippen molar-refractivity contribution in [2.75, 3.05) is 0 Å². The summed E-state index contributed by atoms with van der Waals surface area (Å²) in [5.41, 5.74) is 4.94. The van der Waals surface area contributed by atoms with Gasteiger partial charge in [0.15, 0.2) is 0 Å². The Hall–Kier alpha value is -4.48. The van der Waals surface area contributed by atoms with Crippen molar-refractivity contribution in [3.05, 3.63) is 109 Å². The summed E-state index contributed by atoms with van der Waals surface area (Å²) in [5, 5.41) is 15.5. The van der Waals surface area contributed by atoms with Crippen molar-refractivity contribution in [3.63, 3.8) is 0 Å². The van der Waals surface area contributed by atoms with Crippen LogP contribution in [0.25, 0.3) is 55.2 Å². The molecule has 0 saturated heterocycles. The van der Waals surface area contributed by atoms with Gasteiger partial charge >= 0.3 is 0 Å². The molecular weight excluding hydrogens is 444 g/mol. The van der Waals surface area contributed by atoms with Crippen LogP contribution >= 0.6 is 0 Å². The lowest BCUT2D eigenvalue weighted by molar-refractivity contribution is 0.0782. The zero-order valence-electron chi connectivity index (χ0n) is 20.1. The summed E-state index contributed by atoms with van der Waals surface area (Å²) in [4.78, 5) is 9.55. The lowest BCUT2D eigenvalue weighted by Gasteiger charge is -2.21. The van der Waals surface area contributed by atoms with Gasteiger partial charge in [0.25, 0.3) is 0 Å². The molecule has 0 spiro atoms. The van der Waals surface area contributed by atoms with E-state index in [0.717, 1.165) is 44.2 Å². The largest absolute Gasteiger partial charge is 0.386 e. The summed E-state index contributed by atoms with van der Waals surface area (Å²) >= 11 is 0. The number of fused-ring (bicyclic) bond motifs is 7. The van der Waals surface area contributed by atoms with E-state index in [-0.39, 0.29) is 0 Å². The molecule has 3 aromatic carbocycles. The lowest BCUT2D eigenvalue weighted by Crippen LogP contribution is -2.19. The van der Waals surface area contributed by atoms with Crippen molar-refractivity contribution in [2.24, 2.45) is 0 Å². The highest BCUT2D eigenvalue weighted by molar-refractivity contribution is 6.28. The van der Waals surface area contributed by atoms with Gasteiger partial charge in [0.2, 0.25) is 0 Å². The first-order valence-electron chi connectivity index (χ1n) is 12.1. The summed E-state index contributed by atoms with van der Waals surface area (Å²) in [6, 6.07) is 31.3. The van der Waals surface area contributed by atoms with Crippen molar-refractivity contribution in [3.8, 4) is 11.5 Å². The minimum absolute atomic E-state index is 0.690. The quantitative estimate of drug-likeness (QED) is 0.307. The molecule has 5 nitrogen and oxygen atoms in total. The molecule has 0 aliphatic heterocycles. The zero-order chi connectivity index (χ0) is 24.4. The molecule has 0 aliphatic rings. The number of hydrogen-bond donors (Lipinski definition) is 1. The summed E-state index contributed by atoms with van der Waals surface area (Å²) < 4.78 is 4.42. The summed E-state index contributed by atoms with van der Waals surface area (Å²) in [6.45, 7) is 3.58. The standard InChI is InChI=1S/C31H24N4O/c1-31(2,36)23-14-9-19-33-30(23)35-26-17-16-25-27(28(26)22-13-8-18-32-29(22)35)21-12-6-7-15-24(21)34(25)20-10-4-3-5-11-20/h3-19,36H,1-2H3. The average molecular weight is 469 g/mol. The van der Waals surface area contributed by atoms with Gasteiger partial charge in [0.05, 0.1) is 22.2 Å². The number of para-hydroxylation sites is 2. The van der Waals surface area contributed by atoms with E-state index in [1.165, 1.54) is 10.8 Å². The highest BCUT2D eigenvalue weighted by Crippen LogP contribution is 2.42. The third-order valence-corrected chi connectivity index (χ3v) is 7.00. The van der Waals surface area contributed by atoms with E-state index >= 15 is 0 Å². The maximum atomic E-state index is 11.0. The third kappa shape index (κ3) is 2.87. The second-order valence-corrected chi connectivity index (χ2v) is 9.69. The molecule has 0 atom stereocenters. The summed E-state index contributed by atoms with van der Waals surface area (Å²) in [7, 11) is 0. The van der Waals surface area contributed by atoms with Crippen LogP contribution in [0.5, 0.6) is 0 Å². The number of pyridine rings is 2. The molecule has 0 radical (unpaired) electrons. The molecule has 0 saturated carbocycles. The van der Waals surface area contributed by atoms with E-state index in [9.17, 15) is 5.11 Å². The van der Waals surface area contributed by atoms with Crippen LogP contribution < -0.4 is 0 Å². The number of nitrogens with zero attached hydrogens (tertiary/aromatic N) is 4. The van der Waals surface area contributed by atoms with Gasteiger partial charge in [-0.05, 0) is 62.4 Å². The van der Waals surface area contributed by atoms with Gasteiger partial charge in [-0.25, -0.2) is 9.97 Å². The molecule has 4 aromatic heterocycles. The van der Waals surface area contributed by atoms with Gasteiger partial charge in [0.1, 0.15) is 11.5 Å². The molecule has 174 valence electrons. The number of benzene rings is 3. The molecule has 1 N–H and O–H groups in total. The second-order valence-electron chi connectivity index (χ2n) is 9.69. The van der Waals surface area contributed by atoms with Gasteiger partial charge < -0.3 is 9.67 Å². The fraction of sp³-hybridized carbons (Fsp3) is 0.0968. The SMILES string of the molecule is CC(C)(O)c1cccnc1-n1c2ccc3c(c4ccccc4n3-c3ccccc3)c2c2cccnc21. The number of aromatic nitrogens is 4. The topological polar surface area (TPSA) is 55.9 Å². The monoisotopic (exact) mass is 468 g/mol. The van der Waals surface area contributed by atoms with Crippen LogP contribution in [-0.2, 0) is 5.60 Å². The van der Waals surface area contributed by atoms with Crippen LogP contribution in [0.4, 0.5) is 0 Å². The molecule has 36 heavy (non-hydrogen) atoms. The maximum Gasteiger partial charge on any atom is 0.146 e. The summed E-state index contributed by atoms with van der Waals surface area (Å²) in [6.07, 6.45) is 3.58. The molecule has 0 amide bonds. The Morgan fingerprint density at radius 2 is 1.25 bits per heavy atom. The van der Waals surface area contributed by atoms with Gasteiger partial charge in [-0.2, -0.15) is 0 Å². The highest BCUT2D eigenvalue weighted by Gasteiger charge is 2.26. The smallest absolute Gasteiger partial charge is 0.146 e. The molecule has 0 bridgehead atoms. The van der Waals surface area contributed by atoms with E-state index in [1.807, 2.05) is 30.5 Å². The van der Waals surface area contributed by atoms with Gasteiger partial charge in [-0.3, -0.25) is 4.57 Å². The first-order valence-corrected chi connectivity index (χ1v) is 12.1. The molecule has 4 heterocycles. The first-order chi connectivity index (χ1) is 17.5. The molecule has 5 heteroatoms. The van der Waals surface area contributed by atoms with Crippen LogP contribution in [0, 0.1) is 0 Å². The van der Waals surface area contributed by atoms with Crippen LogP contribution in [0.3, 0.4) is 0 Å². The Kier molecular flexibility index (Phi) is 4.35. The Morgan fingerprint density at radius 3 is 2.06 bits per heavy atom. The molecular formula is C31H24N4O. The fourth-order valence-electron chi connectivity index (χ4n) is 5.52. The number of rotatable bonds is 3. The maximum absolute atomic E-state index is 11.0. The normalized spacial score (nSPS) is 12.3. The van der Waals surface area contributed by atoms with Crippen molar-refractivity contribution < 1.29 is 5.11 Å². The van der Waals surface area contributed by atoms with E-state index in [2.05, 4.69) is 75.9 Å². The predicted molar refractivity (Wildman–Crippen MR) is 146 cm³/mol. The highest BCUT2D eigenvalue weighted by atomic mass is 16.3. The Bertz CT molecular complexity index is 1920. The van der Waals surface area contributed by atoms with Crippen molar-refractivity contribution in [2.45, 2.75) is 19.4 Å². The Morgan fingerprint density at radius 1 is 0.611 bits per heavy atom. The minimum atomic E-state index is -1.06. The Balaban J connectivity index is 1.71. The molecule has 0 aliphatic carbocycles. The van der Waals surface area contributed by atoms with Crippen LogP contribution in [-0.4, -0.2) is 24.2 Å². The number of aliphatic hydroxyl groups is 1. The van der Waals surface area contributed by atoms with Crippen LogP contribution in [0.15, 0.2) is 103 Å². The summed E-state index contributed by atoms with van der Waals surface area (Å²) in [5.74, 6) is 0.690. The zero-order valence-corrected chi connectivity index (χ0v) is 20.1. The lowest BCUT2D eigenvalue weighted by atomic mass is 9.99. The van der Waals surface area contributed by atoms with E-state index in [4.69, 9.17) is 9.97 Å². The number of hydrogen-bond acceptors (Lipinski definition) is 3. The first kappa shape index (κ1) is 20.9. The van der Waals surface area contributed by atoms with Crippen LogP contribution in [0.2, 0.25) is 0 Å². The van der Waals surface area contributed by atoms with Gasteiger partial charge in [-0.15, -0.1) is 0 Å². The van der Waals surface area contributed by atoms with E-state index in [0.29, 0.717) is 5.82 Å². The van der Waals surface area contributed by atoms with Crippen molar-refractivity contribution in [1.82, 2.24) is 19.1 Å². The molecule has 0 fully saturated rings.